The van der Waals surface area contributed by atoms with Crippen molar-refractivity contribution in [2.24, 2.45) is 0 Å². The van der Waals surface area contributed by atoms with Gasteiger partial charge >= 0.3 is 0 Å². The van der Waals surface area contributed by atoms with Crippen molar-refractivity contribution in [1.82, 2.24) is 4.98 Å². The molecule has 0 radical (unpaired) electrons. The fourth-order valence-electron chi connectivity index (χ4n) is 4.75. The first-order valence-corrected chi connectivity index (χ1v) is 10.6. The van der Waals surface area contributed by atoms with Crippen LogP contribution < -0.4 is 4.57 Å². The summed E-state index contributed by atoms with van der Waals surface area (Å²) >= 11 is 0. The summed E-state index contributed by atoms with van der Waals surface area (Å²) < 4.78 is 2.17. The van der Waals surface area contributed by atoms with E-state index in [-0.39, 0.29) is 0 Å². The van der Waals surface area contributed by atoms with E-state index in [1.807, 2.05) is 12.4 Å². The normalized spacial score (nSPS) is 11.5. The monoisotopic (exact) mass is 397 g/mol. The van der Waals surface area contributed by atoms with E-state index >= 15 is 0 Å². The van der Waals surface area contributed by atoms with Gasteiger partial charge in [0, 0.05) is 5.39 Å². The number of allylic oxidation sites excluding steroid dienone is 1. The summed E-state index contributed by atoms with van der Waals surface area (Å²) in [4.78, 5) is 4.77. The van der Waals surface area contributed by atoms with Gasteiger partial charge in [-0.2, -0.15) is 0 Å². The number of hydrogen-bond donors (Lipinski definition) is 0. The molecule has 5 aromatic carbocycles. The lowest BCUT2D eigenvalue weighted by Crippen LogP contribution is -2.34. The third-order valence-electron chi connectivity index (χ3n) is 6.13. The minimum Gasteiger partial charge on any atom is -0.226 e. The topological polar surface area (TPSA) is 16.8 Å². The molecule has 0 unspecified atom stereocenters. The van der Waals surface area contributed by atoms with Crippen molar-refractivity contribution in [3.63, 3.8) is 0 Å². The highest BCUT2D eigenvalue weighted by Gasteiger charge is 2.20. The van der Waals surface area contributed by atoms with Crippen molar-refractivity contribution in [1.29, 1.82) is 0 Å². The molecular weight excluding hydrogens is 376 g/mol. The standard InChI is InChI=1S/C29H21N2/c1-2-17-31-19-30-26-15-13-22-24(20-9-5-3-6-10-20)18-25(21-11-7-4-8-12-21)23-14-16-27(31)29(26)28(22)23/h2-16,18-19H,1,17H2/q+1. The molecule has 0 fully saturated rings. The third kappa shape index (κ3) is 2.72. The average molecular weight is 398 g/mol. The lowest BCUT2D eigenvalue weighted by atomic mass is 9.87. The Kier molecular flexibility index (Phi) is 4.03. The highest BCUT2D eigenvalue weighted by molar-refractivity contribution is 6.26. The highest BCUT2D eigenvalue weighted by Crippen LogP contribution is 2.42. The zero-order valence-corrected chi connectivity index (χ0v) is 17.1. The molecule has 0 atom stereocenters. The van der Waals surface area contributed by atoms with Crippen LogP contribution in [0.5, 0.6) is 0 Å². The van der Waals surface area contributed by atoms with Gasteiger partial charge in [0.05, 0.1) is 5.39 Å². The number of aromatic nitrogens is 2. The van der Waals surface area contributed by atoms with Gasteiger partial charge in [-0.25, -0.2) is 4.57 Å². The highest BCUT2D eigenvalue weighted by atomic mass is 15.0. The van der Waals surface area contributed by atoms with Gasteiger partial charge in [-0.05, 0) is 68.3 Å². The van der Waals surface area contributed by atoms with Gasteiger partial charge in [-0.3, -0.25) is 0 Å². The molecule has 0 aliphatic carbocycles. The van der Waals surface area contributed by atoms with Crippen LogP contribution in [-0.4, -0.2) is 4.98 Å². The van der Waals surface area contributed by atoms with Crippen molar-refractivity contribution in [2.75, 3.05) is 0 Å². The Morgan fingerprint density at radius 3 is 1.94 bits per heavy atom. The van der Waals surface area contributed by atoms with E-state index in [0.29, 0.717) is 0 Å². The maximum atomic E-state index is 4.77. The Labute approximate surface area is 181 Å². The van der Waals surface area contributed by atoms with Gasteiger partial charge in [-0.1, -0.05) is 73.3 Å². The van der Waals surface area contributed by atoms with E-state index in [4.69, 9.17) is 4.98 Å². The van der Waals surface area contributed by atoms with Crippen molar-refractivity contribution in [3.05, 3.63) is 110 Å². The first-order valence-electron chi connectivity index (χ1n) is 10.6. The summed E-state index contributed by atoms with van der Waals surface area (Å²) in [5, 5.41) is 5.02. The van der Waals surface area contributed by atoms with Crippen LogP contribution in [0.25, 0.3) is 54.8 Å². The van der Waals surface area contributed by atoms with Gasteiger partial charge in [0.2, 0.25) is 0 Å². The molecule has 1 heterocycles. The molecule has 0 aliphatic rings. The molecule has 0 saturated heterocycles. The second-order valence-corrected chi connectivity index (χ2v) is 7.90. The van der Waals surface area contributed by atoms with Crippen LogP contribution in [0.3, 0.4) is 0 Å². The maximum Gasteiger partial charge on any atom is 0.287 e. The van der Waals surface area contributed by atoms with Crippen LogP contribution in [-0.2, 0) is 6.54 Å². The molecule has 6 rings (SSSR count). The Morgan fingerprint density at radius 2 is 1.32 bits per heavy atom. The van der Waals surface area contributed by atoms with E-state index in [1.54, 1.807) is 0 Å². The second-order valence-electron chi connectivity index (χ2n) is 7.90. The quantitative estimate of drug-likeness (QED) is 0.182. The van der Waals surface area contributed by atoms with Gasteiger partial charge in [0.25, 0.3) is 6.33 Å². The van der Waals surface area contributed by atoms with Crippen LogP contribution in [0.2, 0.25) is 0 Å². The molecular formula is C29H21N2+. The summed E-state index contributed by atoms with van der Waals surface area (Å²) in [6.07, 6.45) is 3.84. The van der Waals surface area contributed by atoms with Gasteiger partial charge in [0.1, 0.15) is 12.1 Å². The molecule has 0 spiro atoms. The fraction of sp³-hybridized carbons (Fsp3) is 0.0345. The van der Waals surface area contributed by atoms with E-state index in [9.17, 15) is 0 Å². The maximum absolute atomic E-state index is 4.77. The zero-order chi connectivity index (χ0) is 20.8. The SMILES string of the molecule is C=CC[n+]1cnc2ccc3c(-c4ccccc4)cc(-c4ccccc4)c4ccc1c2c34. The molecule has 2 heteroatoms. The molecule has 31 heavy (non-hydrogen) atoms. The van der Waals surface area contributed by atoms with Crippen LogP contribution in [0.15, 0.2) is 110 Å². The van der Waals surface area contributed by atoms with Gasteiger partial charge < -0.3 is 0 Å². The molecule has 1 aromatic heterocycles. The van der Waals surface area contributed by atoms with Crippen LogP contribution in [0, 0.1) is 0 Å². The largest absolute Gasteiger partial charge is 0.287 e. The van der Waals surface area contributed by atoms with Crippen molar-refractivity contribution in [3.8, 4) is 22.3 Å². The number of benzene rings is 5. The minimum atomic E-state index is 0.734. The van der Waals surface area contributed by atoms with E-state index in [2.05, 4.69) is 102 Å². The molecule has 0 aliphatic heterocycles. The Balaban J connectivity index is 1.83. The average Bonchev–Trinajstić information content (AvgIpc) is 2.84. The van der Waals surface area contributed by atoms with Crippen LogP contribution >= 0.6 is 0 Å². The van der Waals surface area contributed by atoms with Crippen molar-refractivity contribution < 1.29 is 4.57 Å². The van der Waals surface area contributed by atoms with Crippen molar-refractivity contribution >= 4 is 32.6 Å². The Bertz CT molecular complexity index is 1490. The lowest BCUT2D eigenvalue weighted by molar-refractivity contribution is -0.663. The third-order valence-corrected chi connectivity index (χ3v) is 6.13. The second kappa shape index (κ2) is 7.03. The first-order chi connectivity index (χ1) is 15.3. The Hall–Kier alpha value is -4.04. The predicted molar refractivity (Wildman–Crippen MR) is 129 cm³/mol. The van der Waals surface area contributed by atoms with E-state index in [1.165, 1.54) is 49.3 Å². The molecule has 0 bridgehead atoms. The molecule has 0 amide bonds. The zero-order valence-electron chi connectivity index (χ0n) is 17.1. The fourth-order valence-corrected chi connectivity index (χ4v) is 4.75. The van der Waals surface area contributed by atoms with Gasteiger partial charge in [0.15, 0.2) is 5.52 Å². The summed E-state index contributed by atoms with van der Waals surface area (Å²) in [5.74, 6) is 0. The minimum absolute atomic E-state index is 0.734. The van der Waals surface area contributed by atoms with E-state index in [0.717, 1.165) is 12.1 Å². The summed E-state index contributed by atoms with van der Waals surface area (Å²) in [6, 6.07) is 32.5. The Morgan fingerprint density at radius 1 is 0.710 bits per heavy atom. The van der Waals surface area contributed by atoms with E-state index < -0.39 is 0 Å². The smallest absolute Gasteiger partial charge is 0.226 e. The first kappa shape index (κ1) is 17.8. The summed E-state index contributed by atoms with van der Waals surface area (Å²) in [5.41, 5.74) is 7.17. The number of hydrogen-bond acceptors (Lipinski definition) is 1. The molecule has 2 nitrogen and oxygen atoms in total. The van der Waals surface area contributed by atoms with Gasteiger partial charge in [-0.15, -0.1) is 0 Å². The van der Waals surface area contributed by atoms with Crippen LogP contribution in [0.1, 0.15) is 0 Å². The lowest BCUT2D eigenvalue weighted by Gasteiger charge is -2.17. The number of nitrogens with zero attached hydrogens (tertiary/aromatic N) is 2. The summed E-state index contributed by atoms with van der Waals surface area (Å²) in [6.45, 7) is 4.66. The predicted octanol–water partition coefficient (Wildman–Crippen LogP) is 6.79. The molecule has 0 N–H and O–H groups in total. The van der Waals surface area contributed by atoms with Crippen molar-refractivity contribution in [2.45, 2.75) is 6.54 Å². The molecule has 146 valence electrons. The molecule has 0 saturated carbocycles. The summed E-state index contributed by atoms with van der Waals surface area (Å²) in [7, 11) is 0. The van der Waals surface area contributed by atoms with Crippen LogP contribution in [0.4, 0.5) is 0 Å². The molecule has 6 aromatic rings. The number of rotatable bonds is 4.